The Morgan fingerprint density at radius 2 is 2.15 bits per heavy atom. The van der Waals surface area contributed by atoms with Crippen LogP contribution in [-0.4, -0.2) is 40.7 Å². The lowest BCUT2D eigenvalue weighted by Crippen LogP contribution is -2.39. The zero-order valence-corrected chi connectivity index (χ0v) is 12.9. The van der Waals surface area contributed by atoms with E-state index in [0.717, 1.165) is 18.6 Å². The Morgan fingerprint density at radius 3 is 2.75 bits per heavy atom. The molecule has 0 atom stereocenters. The van der Waals surface area contributed by atoms with Gasteiger partial charge in [-0.25, -0.2) is 0 Å². The first-order chi connectivity index (χ1) is 9.65. The Morgan fingerprint density at radius 1 is 1.40 bits per heavy atom. The van der Waals surface area contributed by atoms with E-state index >= 15 is 0 Å². The minimum atomic E-state index is -0.735. The van der Waals surface area contributed by atoms with Gasteiger partial charge in [-0.1, -0.05) is 6.07 Å². The van der Waals surface area contributed by atoms with Crippen LogP contribution in [0, 0.1) is 5.92 Å². The number of carbonyl (C=O) groups is 2. The number of likely N-dealkylation sites (tertiary alicyclic amines) is 1. The third-order valence-corrected chi connectivity index (χ3v) is 5.51. The number of hydrogen-bond donors (Lipinski definition) is 1. The van der Waals surface area contributed by atoms with E-state index in [1.54, 1.807) is 23.1 Å². The molecule has 1 aromatic heterocycles. The van der Waals surface area contributed by atoms with Crippen molar-refractivity contribution < 1.29 is 14.7 Å². The van der Waals surface area contributed by atoms with Gasteiger partial charge in [-0.2, -0.15) is 0 Å². The van der Waals surface area contributed by atoms with E-state index in [0.29, 0.717) is 18.8 Å². The first kappa shape index (κ1) is 15.4. The minimum Gasteiger partial charge on any atom is -0.481 e. The van der Waals surface area contributed by atoms with E-state index in [2.05, 4.69) is 6.07 Å². The topological polar surface area (TPSA) is 57.6 Å². The summed E-state index contributed by atoms with van der Waals surface area (Å²) in [6.07, 6.45) is 1.86. The normalized spacial score (nSPS) is 16.3. The summed E-state index contributed by atoms with van der Waals surface area (Å²) in [7, 11) is 0. The molecule has 1 aliphatic heterocycles. The molecular formula is C14H19NO3S2. The summed E-state index contributed by atoms with van der Waals surface area (Å²) < 4.78 is 0. The van der Waals surface area contributed by atoms with Crippen LogP contribution in [0.4, 0.5) is 0 Å². The fourth-order valence-corrected chi connectivity index (χ4v) is 4.13. The summed E-state index contributed by atoms with van der Waals surface area (Å²) in [5.41, 5.74) is 0. The number of piperidine rings is 1. The largest absolute Gasteiger partial charge is 0.481 e. The highest BCUT2D eigenvalue weighted by molar-refractivity contribution is 7.99. The van der Waals surface area contributed by atoms with Gasteiger partial charge in [0.15, 0.2) is 0 Å². The van der Waals surface area contributed by atoms with Gasteiger partial charge in [0.1, 0.15) is 0 Å². The van der Waals surface area contributed by atoms with Crippen molar-refractivity contribution in [2.24, 2.45) is 5.92 Å². The Kier molecular flexibility index (Phi) is 5.91. The molecule has 6 heteroatoms. The molecule has 4 nitrogen and oxygen atoms in total. The second-order valence-electron chi connectivity index (χ2n) is 4.99. The molecule has 2 heterocycles. The Balaban J connectivity index is 1.65. The maximum atomic E-state index is 12.0. The Hall–Kier alpha value is -1.01. The van der Waals surface area contributed by atoms with Gasteiger partial charge in [-0.15, -0.1) is 23.1 Å². The van der Waals surface area contributed by atoms with Crippen LogP contribution in [-0.2, 0) is 15.3 Å². The summed E-state index contributed by atoms with van der Waals surface area (Å²) >= 11 is 3.36. The summed E-state index contributed by atoms with van der Waals surface area (Å²) in [5.74, 6) is 1.08. The highest BCUT2D eigenvalue weighted by atomic mass is 32.2. The van der Waals surface area contributed by atoms with Crippen LogP contribution in [0.3, 0.4) is 0 Å². The van der Waals surface area contributed by atoms with Crippen LogP contribution in [0.25, 0.3) is 0 Å². The zero-order chi connectivity index (χ0) is 14.4. The van der Waals surface area contributed by atoms with Gasteiger partial charge < -0.3 is 10.0 Å². The van der Waals surface area contributed by atoms with Gasteiger partial charge in [-0.05, 0) is 30.2 Å². The SMILES string of the molecule is O=C(O)CC1CCN(C(=O)CSCc2cccs2)CC1. The fourth-order valence-electron chi connectivity index (χ4n) is 2.36. The molecular weight excluding hydrogens is 294 g/mol. The van der Waals surface area contributed by atoms with E-state index in [4.69, 9.17) is 5.11 Å². The number of aliphatic carboxylic acids is 1. The van der Waals surface area contributed by atoms with E-state index in [-0.39, 0.29) is 18.2 Å². The van der Waals surface area contributed by atoms with Crippen LogP contribution in [0.15, 0.2) is 17.5 Å². The Labute approximate surface area is 127 Å². The molecule has 1 fully saturated rings. The van der Waals surface area contributed by atoms with Crippen molar-refractivity contribution in [2.45, 2.75) is 25.0 Å². The number of carboxylic acids is 1. The van der Waals surface area contributed by atoms with Crippen LogP contribution >= 0.6 is 23.1 Å². The number of carboxylic acid groups (broad SMARTS) is 1. The number of carbonyl (C=O) groups excluding carboxylic acids is 1. The lowest BCUT2D eigenvalue weighted by molar-refractivity contribution is -0.138. The van der Waals surface area contributed by atoms with E-state index in [9.17, 15) is 9.59 Å². The molecule has 1 aromatic rings. The number of thioether (sulfide) groups is 1. The third kappa shape index (κ3) is 4.83. The molecule has 0 aromatic carbocycles. The Bertz CT molecular complexity index is 439. The number of hydrogen-bond acceptors (Lipinski definition) is 4. The number of nitrogens with zero attached hydrogens (tertiary/aromatic N) is 1. The maximum Gasteiger partial charge on any atom is 0.303 e. The molecule has 0 bridgehead atoms. The van der Waals surface area contributed by atoms with Crippen LogP contribution in [0.2, 0.25) is 0 Å². The van der Waals surface area contributed by atoms with Gasteiger partial charge in [0.2, 0.25) is 5.91 Å². The fraction of sp³-hybridized carbons (Fsp3) is 0.571. The molecule has 0 unspecified atom stereocenters. The van der Waals surface area contributed by atoms with E-state index < -0.39 is 5.97 Å². The van der Waals surface area contributed by atoms with Gasteiger partial charge in [-0.3, -0.25) is 9.59 Å². The first-order valence-electron chi connectivity index (χ1n) is 6.75. The highest BCUT2D eigenvalue weighted by Gasteiger charge is 2.23. The second-order valence-corrected chi connectivity index (χ2v) is 7.01. The van der Waals surface area contributed by atoms with Gasteiger partial charge in [0, 0.05) is 30.1 Å². The quantitative estimate of drug-likeness (QED) is 0.877. The molecule has 0 saturated carbocycles. The zero-order valence-electron chi connectivity index (χ0n) is 11.3. The molecule has 1 amide bonds. The number of thiophene rings is 1. The third-order valence-electron chi connectivity index (χ3n) is 3.48. The molecule has 110 valence electrons. The maximum absolute atomic E-state index is 12.0. The van der Waals surface area contributed by atoms with Gasteiger partial charge in [0.25, 0.3) is 0 Å². The summed E-state index contributed by atoms with van der Waals surface area (Å²) in [6, 6.07) is 4.11. The molecule has 1 saturated heterocycles. The van der Waals surface area contributed by atoms with Crippen molar-refractivity contribution in [2.75, 3.05) is 18.8 Å². The van der Waals surface area contributed by atoms with Gasteiger partial charge >= 0.3 is 5.97 Å². The molecule has 0 aliphatic carbocycles. The lowest BCUT2D eigenvalue weighted by Gasteiger charge is -2.31. The average molecular weight is 313 g/mol. The summed E-state index contributed by atoms with van der Waals surface area (Å²) in [5, 5.41) is 10.8. The number of rotatable bonds is 6. The number of amides is 1. The van der Waals surface area contributed by atoms with Crippen molar-refractivity contribution in [1.29, 1.82) is 0 Å². The monoisotopic (exact) mass is 313 g/mol. The average Bonchev–Trinajstić information content (AvgIpc) is 2.92. The van der Waals surface area contributed by atoms with Crippen LogP contribution < -0.4 is 0 Å². The molecule has 0 spiro atoms. The molecule has 0 radical (unpaired) electrons. The van der Waals surface area contributed by atoms with Crippen molar-refractivity contribution in [3.8, 4) is 0 Å². The predicted molar refractivity (Wildman–Crippen MR) is 82.0 cm³/mol. The summed E-state index contributed by atoms with van der Waals surface area (Å²) in [4.78, 5) is 25.9. The smallest absolute Gasteiger partial charge is 0.303 e. The minimum absolute atomic E-state index is 0.181. The first-order valence-corrected chi connectivity index (χ1v) is 8.78. The molecule has 1 aliphatic rings. The van der Waals surface area contributed by atoms with Crippen LogP contribution in [0.1, 0.15) is 24.1 Å². The van der Waals surface area contributed by atoms with Crippen LogP contribution in [0.5, 0.6) is 0 Å². The van der Waals surface area contributed by atoms with Gasteiger partial charge in [0.05, 0.1) is 5.75 Å². The van der Waals surface area contributed by atoms with Crippen molar-refractivity contribution >= 4 is 35.0 Å². The van der Waals surface area contributed by atoms with Crippen molar-refractivity contribution in [3.05, 3.63) is 22.4 Å². The molecule has 20 heavy (non-hydrogen) atoms. The summed E-state index contributed by atoms with van der Waals surface area (Å²) in [6.45, 7) is 1.41. The second kappa shape index (κ2) is 7.69. The lowest BCUT2D eigenvalue weighted by atomic mass is 9.94. The molecule has 1 N–H and O–H groups in total. The van der Waals surface area contributed by atoms with Crippen molar-refractivity contribution in [3.63, 3.8) is 0 Å². The van der Waals surface area contributed by atoms with E-state index in [1.165, 1.54) is 4.88 Å². The highest BCUT2D eigenvalue weighted by Crippen LogP contribution is 2.22. The predicted octanol–water partition coefficient (Wildman–Crippen LogP) is 2.69. The standard InChI is InChI=1S/C14H19NO3S2/c16-13(10-19-9-12-2-1-7-20-12)15-5-3-11(4-6-15)8-14(17)18/h1-2,7,11H,3-6,8-10H2,(H,17,18). The molecule has 2 rings (SSSR count). The van der Waals surface area contributed by atoms with Crippen molar-refractivity contribution in [1.82, 2.24) is 4.90 Å². The van der Waals surface area contributed by atoms with E-state index in [1.807, 2.05) is 16.3 Å².